The predicted molar refractivity (Wildman–Crippen MR) is 511 cm³/mol. The summed E-state index contributed by atoms with van der Waals surface area (Å²) in [5, 5.41) is 7.40. The molecule has 2 aliphatic rings. The smallest absolute Gasteiger partial charge is 0.252 e. The maximum absolute atomic E-state index is 2.75. The molecule has 0 radical (unpaired) electrons. The minimum absolute atomic E-state index is 0.0616. The van der Waals surface area contributed by atoms with Crippen LogP contribution in [0.25, 0.3) is 116 Å². The molecule has 19 rings (SSSR count). The summed E-state index contributed by atoms with van der Waals surface area (Å²) in [6, 6.07) is 112. The van der Waals surface area contributed by atoms with Crippen LogP contribution >= 0.6 is 0 Å². The quantitative estimate of drug-likeness (QED) is 0.141. The fourth-order valence-corrected chi connectivity index (χ4v) is 19.1. The molecule has 0 aliphatic carbocycles. The number of nitrogens with zero attached hydrogens (tertiary/aromatic N) is 5. The second kappa shape index (κ2) is 26.8. The lowest BCUT2D eigenvalue weighted by Crippen LogP contribution is -2.61. The molecular weight excluding hydrogens is 1430 g/mol. The number of anilines is 6. The van der Waals surface area contributed by atoms with E-state index in [0.717, 1.165) is 67.7 Å². The highest BCUT2D eigenvalue weighted by molar-refractivity contribution is 7.00. The molecule has 118 heavy (non-hydrogen) atoms. The molecule has 3 aromatic heterocycles. The number of hydrogen-bond donors (Lipinski definition) is 0. The van der Waals surface area contributed by atoms with E-state index in [1.165, 1.54) is 138 Å². The fourth-order valence-electron chi connectivity index (χ4n) is 19.1. The fraction of sp³-hybridized carbons (Fsp3) is 0.250. The van der Waals surface area contributed by atoms with Gasteiger partial charge in [0, 0.05) is 77.6 Å². The van der Waals surface area contributed by atoms with Crippen molar-refractivity contribution >= 4 is 123 Å². The molecule has 0 fully saturated rings. The molecule has 0 bridgehead atoms. The number of para-hydroxylation sites is 3. The van der Waals surface area contributed by atoms with Crippen molar-refractivity contribution in [2.75, 3.05) is 9.80 Å². The van der Waals surface area contributed by atoms with Crippen molar-refractivity contribution in [2.45, 2.75) is 183 Å². The third kappa shape index (κ3) is 12.5. The Bertz CT molecular complexity index is 6750. The Morgan fingerprint density at radius 1 is 0.212 bits per heavy atom. The number of benzene rings is 14. The number of fused-ring (bicyclic) bond motifs is 13. The van der Waals surface area contributed by atoms with Crippen molar-refractivity contribution in [1.29, 1.82) is 0 Å². The molecule has 0 N–H and O–H groups in total. The lowest BCUT2D eigenvalue weighted by atomic mass is 9.33. The maximum atomic E-state index is 2.75. The zero-order valence-electron chi connectivity index (χ0n) is 72.9. The van der Waals surface area contributed by atoms with Gasteiger partial charge in [0.2, 0.25) is 0 Å². The molecule has 6 heteroatoms. The Balaban J connectivity index is 0.983. The number of aromatic nitrogens is 3. The average Bonchev–Trinajstić information content (AvgIpc) is 1.29. The first-order valence-corrected chi connectivity index (χ1v) is 42.7. The maximum Gasteiger partial charge on any atom is 0.252 e. The van der Waals surface area contributed by atoms with Gasteiger partial charge in [0.25, 0.3) is 6.71 Å². The SMILES string of the molecule is CC(C)(C)c1cccc(-c2ccc3c(c2)N(c2c(-c4ccccc4)cc(C(C)(C)C)cc2-c2ccccc2)c2cc(C(C)(C)C)cc4c2B3c2ccc(-n3c5ccc(C(C)(C)C)cc5c5cc(C(C)(C)C)ccc53)cc2N4c2cccc3c4cccc(-n5c6ccc(C(C)(C)C)cc6c6cc(C(C)(C)C)ccc65)c4n(-c4ccccc4)c23)c1. The van der Waals surface area contributed by atoms with Gasteiger partial charge < -0.3 is 23.5 Å². The summed E-state index contributed by atoms with van der Waals surface area (Å²) in [5.41, 5.74) is 36.2. The van der Waals surface area contributed by atoms with Crippen LogP contribution in [0.5, 0.6) is 0 Å². The van der Waals surface area contributed by atoms with Crippen LogP contribution in [0.2, 0.25) is 0 Å². The van der Waals surface area contributed by atoms with Gasteiger partial charge in [-0.05, 0) is 231 Å². The summed E-state index contributed by atoms with van der Waals surface area (Å²) in [7, 11) is 0. The summed E-state index contributed by atoms with van der Waals surface area (Å²) in [4.78, 5) is 5.49. The standard InChI is InChI=1S/C112H110BN5/c1-106(2,3)73-39-31-38-71(58-73)72-46-52-90-98(59-72)118(103-84(69-34-25-22-26-35-69)64-78(111(16,17)18)65-85(103)70-36-27-23-28-37-70)101-67-79(112(19,20)21)66-100-102(101)113(90)91-53-51-81(114-92-54-47-74(107(4,5)6)60-86(92)87-61-75(108(7,8)9)48-55-93(87)114)68-99(91)117(100)97-45-33-43-83-82-42-32-44-96(104(82)115(105(83)97)80-40-29-24-30-41-80)116-94-56-49-76(109(10,11)12)62-88(94)89-63-77(110(13,14)15)50-57-95(89)116/h22-68H,1-21H3. The van der Waals surface area contributed by atoms with E-state index in [1.54, 1.807) is 0 Å². The van der Waals surface area contributed by atoms with Gasteiger partial charge in [-0.15, -0.1) is 0 Å². The van der Waals surface area contributed by atoms with Gasteiger partial charge in [-0.1, -0.05) is 315 Å². The van der Waals surface area contributed by atoms with Gasteiger partial charge in [-0.25, -0.2) is 0 Å². The molecule has 2 aliphatic heterocycles. The number of hydrogen-bond acceptors (Lipinski definition) is 2. The predicted octanol–water partition coefficient (Wildman–Crippen LogP) is 29.1. The Morgan fingerprint density at radius 2 is 0.585 bits per heavy atom. The van der Waals surface area contributed by atoms with E-state index >= 15 is 0 Å². The van der Waals surface area contributed by atoms with Crippen LogP contribution < -0.4 is 26.2 Å². The molecular formula is C112H110BN5. The molecule has 0 atom stereocenters. The minimum atomic E-state index is -0.346. The summed E-state index contributed by atoms with van der Waals surface area (Å²) in [6.07, 6.45) is 0. The summed E-state index contributed by atoms with van der Waals surface area (Å²) < 4.78 is 7.80. The van der Waals surface area contributed by atoms with E-state index in [2.05, 4.69) is 454 Å². The molecule has 0 amide bonds. The Kier molecular flexibility index (Phi) is 17.3. The third-order valence-corrected chi connectivity index (χ3v) is 25.9. The van der Waals surface area contributed by atoms with Crippen molar-refractivity contribution in [1.82, 2.24) is 13.7 Å². The van der Waals surface area contributed by atoms with Crippen LogP contribution in [0.3, 0.4) is 0 Å². The molecule has 0 spiro atoms. The van der Waals surface area contributed by atoms with Crippen molar-refractivity contribution in [3.05, 3.63) is 324 Å². The molecule has 5 heterocycles. The monoisotopic (exact) mass is 1540 g/mol. The molecule has 17 aromatic rings. The van der Waals surface area contributed by atoms with E-state index in [1.807, 2.05) is 0 Å². The van der Waals surface area contributed by atoms with E-state index < -0.39 is 0 Å². The largest absolute Gasteiger partial charge is 0.310 e. The lowest BCUT2D eigenvalue weighted by molar-refractivity contribution is 0.590. The van der Waals surface area contributed by atoms with E-state index in [4.69, 9.17) is 0 Å². The topological polar surface area (TPSA) is 21.3 Å². The Hall–Kier alpha value is -11.9. The van der Waals surface area contributed by atoms with Crippen LogP contribution in [0.15, 0.2) is 285 Å². The van der Waals surface area contributed by atoms with Gasteiger partial charge >= 0.3 is 0 Å². The van der Waals surface area contributed by atoms with Crippen molar-refractivity contribution in [3.8, 4) is 50.4 Å². The third-order valence-electron chi connectivity index (χ3n) is 25.9. The number of rotatable bonds is 8. The molecule has 14 aromatic carbocycles. The minimum Gasteiger partial charge on any atom is -0.310 e. The van der Waals surface area contributed by atoms with E-state index in [-0.39, 0.29) is 44.6 Å². The first kappa shape index (κ1) is 76.1. The first-order chi connectivity index (χ1) is 56.0. The molecule has 586 valence electrons. The van der Waals surface area contributed by atoms with Crippen molar-refractivity contribution in [3.63, 3.8) is 0 Å². The first-order valence-electron chi connectivity index (χ1n) is 42.7. The highest BCUT2D eigenvalue weighted by atomic mass is 15.2. The van der Waals surface area contributed by atoms with Gasteiger partial charge in [0.1, 0.15) is 0 Å². The molecule has 0 saturated heterocycles. The van der Waals surface area contributed by atoms with Crippen LogP contribution in [-0.2, 0) is 37.9 Å². The summed E-state index contributed by atoms with van der Waals surface area (Å²) >= 11 is 0. The van der Waals surface area contributed by atoms with E-state index in [0.29, 0.717) is 0 Å². The zero-order valence-corrected chi connectivity index (χ0v) is 72.9. The van der Waals surface area contributed by atoms with Gasteiger partial charge in [-0.3, -0.25) is 0 Å². The summed E-state index contributed by atoms with van der Waals surface area (Å²) in [6.45, 7) is 49.2. The second-order valence-corrected chi connectivity index (χ2v) is 41.1. The Labute approximate surface area is 699 Å². The van der Waals surface area contributed by atoms with Gasteiger partial charge in [-0.2, -0.15) is 0 Å². The van der Waals surface area contributed by atoms with Crippen molar-refractivity contribution < 1.29 is 0 Å². The molecule has 0 unspecified atom stereocenters. The second-order valence-electron chi connectivity index (χ2n) is 41.1. The van der Waals surface area contributed by atoms with Crippen LogP contribution in [0.1, 0.15) is 184 Å². The highest BCUT2D eigenvalue weighted by Crippen LogP contribution is 2.55. The normalized spacial score (nSPS) is 13.6. The van der Waals surface area contributed by atoms with Gasteiger partial charge in [0.05, 0.1) is 50.2 Å². The Morgan fingerprint density at radius 3 is 1.05 bits per heavy atom. The highest BCUT2D eigenvalue weighted by Gasteiger charge is 2.47. The van der Waals surface area contributed by atoms with Crippen LogP contribution in [0, 0.1) is 0 Å². The van der Waals surface area contributed by atoms with E-state index in [9.17, 15) is 0 Å². The van der Waals surface area contributed by atoms with Gasteiger partial charge in [0.15, 0.2) is 0 Å². The average molecular weight is 1540 g/mol. The lowest BCUT2D eigenvalue weighted by Gasteiger charge is -2.46. The molecule has 0 saturated carbocycles. The van der Waals surface area contributed by atoms with Crippen LogP contribution in [0.4, 0.5) is 34.1 Å². The summed E-state index contributed by atoms with van der Waals surface area (Å²) in [5.74, 6) is 0. The van der Waals surface area contributed by atoms with Crippen LogP contribution in [-0.4, -0.2) is 20.4 Å². The zero-order chi connectivity index (χ0) is 82.6. The molecule has 5 nitrogen and oxygen atoms in total. The van der Waals surface area contributed by atoms with Crippen molar-refractivity contribution in [2.24, 2.45) is 0 Å².